The van der Waals surface area contributed by atoms with E-state index in [0.29, 0.717) is 37.3 Å². The molecule has 0 unspecified atom stereocenters. The molecule has 24 heavy (non-hydrogen) atoms. The van der Waals surface area contributed by atoms with Gasteiger partial charge in [0.2, 0.25) is 5.88 Å². The van der Waals surface area contributed by atoms with Crippen LogP contribution in [0.15, 0.2) is 47.2 Å². The fourth-order valence-electron chi connectivity index (χ4n) is 3.62. The standard InChI is InChI=1S/C18H20N2O4/c21-18(15-4-3-8-22-15)20-7-9-23-16-11-13(10-14(16)20)12-24-17-5-1-2-6-19-17/h1-6,8,13-14,16H,7,9-12H2/t13-,14+,16-/m1/s1. The van der Waals surface area contributed by atoms with Gasteiger partial charge in [-0.15, -0.1) is 0 Å². The highest BCUT2D eigenvalue weighted by Crippen LogP contribution is 2.35. The maximum atomic E-state index is 12.6. The molecule has 126 valence electrons. The third kappa shape index (κ3) is 3.01. The Balaban J connectivity index is 1.40. The average Bonchev–Trinajstić information content (AvgIpc) is 3.29. The van der Waals surface area contributed by atoms with Gasteiger partial charge in [0.05, 0.1) is 31.6 Å². The minimum absolute atomic E-state index is 0.0513. The number of amides is 1. The van der Waals surface area contributed by atoms with E-state index in [0.717, 1.165) is 12.8 Å². The fourth-order valence-corrected chi connectivity index (χ4v) is 3.62. The number of hydrogen-bond acceptors (Lipinski definition) is 5. The van der Waals surface area contributed by atoms with Gasteiger partial charge in [-0.05, 0) is 37.0 Å². The van der Waals surface area contributed by atoms with Crippen LogP contribution in [0.4, 0.5) is 0 Å². The summed E-state index contributed by atoms with van der Waals surface area (Å²) >= 11 is 0. The largest absolute Gasteiger partial charge is 0.477 e. The topological polar surface area (TPSA) is 64.8 Å². The van der Waals surface area contributed by atoms with Crippen molar-refractivity contribution in [3.63, 3.8) is 0 Å². The van der Waals surface area contributed by atoms with E-state index in [1.165, 1.54) is 6.26 Å². The number of ether oxygens (including phenoxy) is 2. The zero-order valence-electron chi connectivity index (χ0n) is 13.3. The lowest BCUT2D eigenvalue weighted by molar-refractivity contribution is -0.0457. The Morgan fingerprint density at radius 2 is 2.25 bits per heavy atom. The van der Waals surface area contributed by atoms with Crippen LogP contribution in [-0.2, 0) is 4.74 Å². The van der Waals surface area contributed by atoms with Gasteiger partial charge in [-0.3, -0.25) is 4.79 Å². The number of nitrogens with zero attached hydrogens (tertiary/aromatic N) is 2. The van der Waals surface area contributed by atoms with Crippen LogP contribution in [-0.4, -0.2) is 47.7 Å². The van der Waals surface area contributed by atoms with E-state index in [9.17, 15) is 4.79 Å². The summed E-state index contributed by atoms with van der Waals surface area (Å²) < 4.78 is 16.9. The summed E-state index contributed by atoms with van der Waals surface area (Å²) in [7, 11) is 0. The van der Waals surface area contributed by atoms with Gasteiger partial charge in [-0.2, -0.15) is 0 Å². The van der Waals surface area contributed by atoms with Crippen LogP contribution in [0.2, 0.25) is 0 Å². The number of furan rings is 1. The van der Waals surface area contributed by atoms with E-state index in [1.54, 1.807) is 18.3 Å². The second-order valence-electron chi connectivity index (χ2n) is 6.27. The van der Waals surface area contributed by atoms with E-state index in [1.807, 2.05) is 23.1 Å². The molecule has 2 aliphatic rings. The van der Waals surface area contributed by atoms with Gasteiger partial charge < -0.3 is 18.8 Å². The Bertz CT molecular complexity index is 674. The summed E-state index contributed by atoms with van der Waals surface area (Å²) in [6.45, 7) is 1.77. The van der Waals surface area contributed by atoms with Gasteiger partial charge in [-0.25, -0.2) is 4.98 Å². The summed E-state index contributed by atoms with van der Waals surface area (Å²) in [6, 6.07) is 9.17. The highest BCUT2D eigenvalue weighted by atomic mass is 16.5. The molecule has 6 heteroatoms. The second-order valence-corrected chi connectivity index (χ2v) is 6.27. The van der Waals surface area contributed by atoms with Crippen molar-refractivity contribution in [2.45, 2.75) is 25.0 Å². The second kappa shape index (κ2) is 6.65. The quantitative estimate of drug-likeness (QED) is 0.862. The predicted molar refractivity (Wildman–Crippen MR) is 85.7 cm³/mol. The molecule has 0 radical (unpaired) electrons. The van der Waals surface area contributed by atoms with Crippen LogP contribution >= 0.6 is 0 Å². The molecule has 4 rings (SSSR count). The summed E-state index contributed by atoms with van der Waals surface area (Å²) in [5.41, 5.74) is 0. The van der Waals surface area contributed by atoms with Crippen LogP contribution in [0.1, 0.15) is 23.4 Å². The van der Waals surface area contributed by atoms with Crippen molar-refractivity contribution < 1.29 is 18.7 Å². The number of morpholine rings is 1. The molecule has 6 nitrogen and oxygen atoms in total. The van der Waals surface area contributed by atoms with Gasteiger partial charge in [0.1, 0.15) is 0 Å². The first kappa shape index (κ1) is 15.2. The van der Waals surface area contributed by atoms with Crippen molar-refractivity contribution in [1.29, 1.82) is 0 Å². The number of pyridine rings is 1. The predicted octanol–water partition coefficient (Wildman–Crippen LogP) is 2.37. The number of rotatable bonds is 4. The van der Waals surface area contributed by atoms with Crippen LogP contribution in [0.3, 0.4) is 0 Å². The fraction of sp³-hybridized carbons (Fsp3) is 0.444. The average molecular weight is 328 g/mol. The Hall–Kier alpha value is -2.34. The molecule has 2 aromatic rings. The van der Waals surface area contributed by atoms with Crippen molar-refractivity contribution in [2.75, 3.05) is 19.8 Å². The molecule has 1 aliphatic carbocycles. The van der Waals surface area contributed by atoms with Crippen LogP contribution in [0, 0.1) is 5.92 Å². The lowest BCUT2D eigenvalue weighted by atomic mass is 10.1. The SMILES string of the molecule is O=C(c1ccco1)N1CCO[C@@H]2C[C@H](COc3ccccn3)C[C@@H]21. The van der Waals surface area contributed by atoms with E-state index < -0.39 is 0 Å². The first-order chi connectivity index (χ1) is 11.8. The molecule has 1 saturated carbocycles. The van der Waals surface area contributed by atoms with Gasteiger partial charge in [0, 0.05) is 18.8 Å². The number of carbonyl (C=O) groups excluding carboxylic acids is 1. The first-order valence-electron chi connectivity index (χ1n) is 8.31. The minimum Gasteiger partial charge on any atom is -0.477 e. The minimum atomic E-state index is -0.0513. The maximum Gasteiger partial charge on any atom is 0.289 e. The third-order valence-corrected chi connectivity index (χ3v) is 4.73. The summed E-state index contributed by atoms with van der Waals surface area (Å²) in [6.07, 6.45) is 5.11. The van der Waals surface area contributed by atoms with E-state index in [2.05, 4.69) is 4.98 Å². The zero-order valence-corrected chi connectivity index (χ0v) is 13.3. The highest BCUT2D eigenvalue weighted by molar-refractivity contribution is 5.91. The Kier molecular flexibility index (Phi) is 4.21. The van der Waals surface area contributed by atoms with Crippen molar-refractivity contribution in [3.05, 3.63) is 48.6 Å². The molecular weight excluding hydrogens is 308 g/mol. The highest BCUT2D eigenvalue weighted by Gasteiger charge is 2.43. The number of hydrogen-bond donors (Lipinski definition) is 0. The lowest BCUT2D eigenvalue weighted by Crippen LogP contribution is -2.51. The lowest BCUT2D eigenvalue weighted by Gasteiger charge is -2.37. The normalized spacial score (nSPS) is 26.2. The molecule has 2 fully saturated rings. The molecule has 0 bridgehead atoms. The summed E-state index contributed by atoms with van der Waals surface area (Å²) in [4.78, 5) is 18.7. The van der Waals surface area contributed by atoms with E-state index in [-0.39, 0.29) is 18.1 Å². The molecule has 3 atom stereocenters. The molecule has 0 spiro atoms. The molecule has 2 aromatic heterocycles. The van der Waals surface area contributed by atoms with Crippen LogP contribution < -0.4 is 4.74 Å². The van der Waals surface area contributed by atoms with Gasteiger partial charge in [0.15, 0.2) is 5.76 Å². The number of aromatic nitrogens is 1. The Labute approximate surface area is 140 Å². The van der Waals surface area contributed by atoms with Gasteiger partial charge >= 0.3 is 0 Å². The molecule has 1 aliphatic heterocycles. The van der Waals surface area contributed by atoms with E-state index >= 15 is 0 Å². The van der Waals surface area contributed by atoms with Gasteiger partial charge in [0.25, 0.3) is 5.91 Å². The van der Waals surface area contributed by atoms with Crippen LogP contribution in [0.25, 0.3) is 0 Å². The summed E-state index contributed by atoms with van der Waals surface area (Å²) in [5.74, 6) is 1.33. The van der Waals surface area contributed by atoms with Crippen molar-refractivity contribution in [3.8, 4) is 5.88 Å². The number of carbonyl (C=O) groups is 1. The molecule has 0 N–H and O–H groups in total. The van der Waals surface area contributed by atoms with Gasteiger partial charge in [-0.1, -0.05) is 6.07 Å². The van der Waals surface area contributed by atoms with E-state index in [4.69, 9.17) is 13.9 Å². The van der Waals surface area contributed by atoms with Crippen molar-refractivity contribution in [1.82, 2.24) is 9.88 Å². The molecular formula is C18H20N2O4. The smallest absolute Gasteiger partial charge is 0.289 e. The molecule has 0 aromatic carbocycles. The van der Waals surface area contributed by atoms with Crippen LogP contribution in [0.5, 0.6) is 5.88 Å². The molecule has 1 saturated heterocycles. The zero-order chi connectivity index (χ0) is 16.4. The Morgan fingerprint density at radius 3 is 3.04 bits per heavy atom. The maximum absolute atomic E-state index is 12.6. The first-order valence-corrected chi connectivity index (χ1v) is 8.31. The summed E-state index contributed by atoms with van der Waals surface area (Å²) in [5, 5.41) is 0. The third-order valence-electron chi connectivity index (χ3n) is 4.73. The Morgan fingerprint density at radius 1 is 1.29 bits per heavy atom. The van der Waals surface area contributed by atoms with Crippen molar-refractivity contribution >= 4 is 5.91 Å². The molecule has 3 heterocycles. The molecule has 1 amide bonds. The van der Waals surface area contributed by atoms with Crippen molar-refractivity contribution in [2.24, 2.45) is 5.92 Å². The monoisotopic (exact) mass is 328 g/mol. The number of fused-ring (bicyclic) bond motifs is 1.